The molecule has 3 rings (SSSR count). The van der Waals surface area contributed by atoms with Gasteiger partial charge in [0.05, 0.1) is 6.61 Å². The molecule has 1 saturated heterocycles. The molecule has 4 nitrogen and oxygen atoms in total. The number of halogens is 1. The van der Waals surface area contributed by atoms with Crippen molar-refractivity contribution >= 4 is 17.7 Å². The summed E-state index contributed by atoms with van der Waals surface area (Å²) in [6.07, 6.45) is 4.24. The van der Waals surface area contributed by atoms with Crippen molar-refractivity contribution in [2.45, 2.75) is 44.2 Å². The molecule has 120 valence electrons. The van der Waals surface area contributed by atoms with Gasteiger partial charge in [-0.25, -0.2) is 4.79 Å². The maximum absolute atomic E-state index is 11.8. The van der Waals surface area contributed by atoms with Crippen LogP contribution in [-0.2, 0) is 11.2 Å². The molecule has 22 heavy (non-hydrogen) atoms. The molecule has 0 unspecified atom stereocenters. The van der Waals surface area contributed by atoms with Crippen molar-refractivity contribution < 1.29 is 9.53 Å². The summed E-state index contributed by atoms with van der Waals surface area (Å²) in [6.45, 7) is 3.82. The van der Waals surface area contributed by atoms with Crippen LogP contribution in [0, 0.1) is 0 Å². The van der Waals surface area contributed by atoms with Gasteiger partial charge in [0, 0.05) is 29.7 Å². The fourth-order valence-electron chi connectivity index (χ4n) is 3.21. The van der Waals surface area contributed by atoms with E-state index < -0.39 is 0 Å². The van der Waals surface area contributed by atoms with Crippen molar-refractivity contribution in [3.05, 3.63) is 34.9 Å². The molecular formula is C17H23ClN2O2. The van der Waals surface area contributed by atoms with E-state index in [1.807, 2.05) is 19.1 Å². The molecule has 0 radical (unpaired) electrons. The van der Waals surface area contributed by atoms with E-state index in [9.17, 15) is 4.79 Å². The molecule has 2 aliphatic rings. The number of likely N-dealkylation sites (tertiary alicyclic amines) is 1. The number of carbonyl (C=O) groups is 1. The van der Waals surface area contributed by atoms with E-state index in [4.69, 9.17) is 16.3 Å². The largest absolute Gasteiger partial charge is 0.450 e. The van der Waals surface area contributed by atoms with Crippen LogP contribution in [0.15, 0.2) is 24.3 Å². The van der Waals surface area contributed by atoms with Crippen molar-refractivity contribution in [3.63, 3.8) is 0 Å². The molecule has 1 amide bonds. The van der Waals surface area contributed by atoms with E-state index >= 15 is 0 Å². The lowest BCUT2D eigenvalue weighted by Crippen LogP contribution is -2.43. The monoisotopic (exact) mass is 322 g/mol. The van der Waals surface area contributed by atoms with Crippen LogP contribution in [0.3, 0.4) is 0 Å². The van der Waals surface area contributed by atoms with Crippen LogP contribution in [0.25, 0.3) is 0 Å². The number of hydrogen-bond donors (Lipinski definition) is 1. The Morgan fingerprint density at radius 1 is 1.41 bits per heavy atom. The maximum Gasteiger partial charge on any atom is 0.409 e. The fraction of sp³-hybridized carbons (Fsp3) is 0.588. The number of hydrogen-bond acceptors (Lipinski definition) is 3. The lowest BCUT2D eigenvalue weighted by Gasteiger charge is -2.23. The molecule has 1 aliphatic carbocycles. The van der Waals surface area contributed by atoms with Gasteiger partial charge in [-0.15, -0.1) is 0 Å². The van der Waals surface area contributed by atoms with Gasteiger partial charge in [-0.3, -0.25) is 0 Å². The van der Waals surface area contributed by atoms with E-state index in [1.54, 1.807) is 4.90 Å². The van der Waals surface area contributed by atoms with Crippen molar-refractivity contribution in [1.82, 2.24) is 10.2 Å². The Labute approximate surface area is 136 Å². The molecule has 1 saturated carbocycles. The topological polar surface area (TPSA) is 41.6 Å². The number of nitrogens with one attached hydrogen (secondary N) is 1. The van der Waals surface area contributed by atoms with Crippen molar-refractivity contribution in [2.75, 3.05) is 19.7 Å². The average Bonchev–Trinajstić information content (AvgIpc) is 3.07. The third kappa shape index (κ3) is 3.73. The summed E-state index contributed by atoms with van der Waals surface area (Å²) in [4.78, 5) is 13.6. The molecule has 0 spiro atoms. The molecule has 2 fully saturated rings. The normalized spacial score (nSPS) is 22.6. The number of amides is 1. The molecule has 0 bridgehead atoms. The number of rotatable bonds is 5. The van der Waals surface area contributed by atoms with Crippen LogP contribution in [0.2, 0.25) is 5.02 Å². The second-order valence-corrected chi connectivity index (χ2v) is 6.79. The summed E-state index contributed by atoms with van der Waals surface area (Å²) < 4.78 is 5.07. The van der Waals surface area contributed by atoms with E-state index in [1.165, 1.54) is 18.4 Å². The van der Waals surface area contributed by atoms with Gasteiger partial charge in [-0.2, -0.15) is 0 Å². The highest BCUT2D eigenvalue weighted by atomic mass is 35.5. The zero-order valence-corrected chi connectivity index (χ0v) is 13.7. The zero-order valence-electron chi connectivity index (χ0n) is 13.0. The van der Waals surface area contributed by atoms with E-state index in [-0.39, 0.29) is 11.6 Å². The molecule has 1 N–H and O–H groups in total. The standard InChI is InChI=1S/C17H23ClN2O2/c1-2-22-16(21)20-10-7-15(12-20)19-17(8-9-17)11-13-3-5-14(18)6-4-13/h3-6,15,19H,2,7-12H2,1H3/t15-/m1/s1. The summed E-state index contributed by atoms with van der Waals surface area (Å²) in [5.41, 5.74) is 1.53. The minimum atomic E-state index is -0.186. The van der Waals surface area contributed by atoms with Gasteiger partial charge >= 0.3 is 6.09 Å². The number of nitrogens with zero attached hydrogens (tertiary/aromatic N) is 1. The second kappa shape index (κ2) is 6.47. The van der Waals surface area contributed by atoms with Crippen molar-refractivity contribution in [1.29, 1.82) is 0 Å². The molecular weight excluding hydrogens is 300 g/mol. The highest BCUT2D eigenvalue weighted by Crippen LogP contribution is 2.40. The SMILES string of the molecule is CCOC(=O)N1CC[C@@H](NC2(Cc3ccc(Cl)cc3)CC2)C1. The quantitative estimate of drug-likeness (QED) is 0.905. The summed E-state index contributed by atoms with van der Waals surface area (Å²) in [7, 11) is 0. The lowest BCUT2D eigenvalue weighted by atomic mass is 10.0. The van der Waals surface area contributed by atoms with E-state index in [0.29, 0.717) is 12.6 Å². The van der Waals surface area contributed by atoms with Gasteiger partial charge < -0.3 is 15.0 Å². The van der Waals surface area contributed by atoms with Crippen LogP contribution in [0.4, 0.5) is 4.79 Å². The van der Waals surface area contributed by atoms with Crippen molar-refractivity contribution in [3.8, 4) is 0 Å². The molecule has 0 aromatic heterocycles. The van der Waals surface area contributed by atoms with Gasteiger partial charge in [0.25, 0.3) is 0 Å². The van der Waals surface area contributed by atoms with Crippen LogP contribution < -0.4 is 5.32 Å². The van der Waals surface area contributed by atoms with Crippen LogP contribution in [-0.4, -0.2) is 42.3 Å². The third-order valence-electron chi connectivity index (χ3n) is 4.53. The smallest absolute Gasteiger partial charge is 0.409 e. The van der Waals surface area contributed by atoms with Gasteiger partial charge in [-0.05, 0) is 50.3 Å². The van der Waals surface area contributed by atoms with E-state index in [0.717, 1.165) is 31.0 Å². The lowest BCUT2D eigenvalue weighted by molar-refractivity contribution is 0.114. The average molecular weight is 323 g/mol. The maximum atomic E-state index is 11.8. The summed E-state index contributed by atoms with van der Waals surface area (Å²) >= 11 is 5.94. The number of ether oxygens (including phenoxy) is 1. The second-order valence-electron chi connectivity index (χ2n) is 6.36. The number of carbonyl (C=O) groups excluding carboxylic acids is 1. The summed E-state index contributed by atoms with van der Waals surface area (Å²) in [5.74, 6) is 0. The first-order valence-corrected chi connectivity index (χ1v) is 8.42. The van der Waals surface area contributed by atoms with Crippen LogP contribution in [0.5, 0.6) is 0 Å². The van der Waals surface area contributed by atoms with Crippen LogP contribution >= 0.6 is 11.6 Å². The van der Waals surface area contributed by atoms with Crippen molar-refractivity contribution in [2.24, 2.45) is 0 Å². The Kier molecular flexibility index (Phi) is 4.59. The highest BCUT2D eigenvalue weighted by Gasteiger charge is 2.45. The summed E-state index contributed by atoms with van der Waals surface area (Å²) in [5, 5.41) is 4.55. The molecule has 1 atom stereocenters. The molecule has 5 heteroatoms. The van der Waals surface area contributed by atoms with Crippen LogP contribution in [0.1, 0.15) is 31.7 Å². The number of benzene rings is 1. The van der Waals surface area contributed by atoms with Gasteiger partial charge in [-0.1, -0.05) is 23.7 Å². The Morgan fingerprint density at radius 2 is 2.14 bits per heavy atom. The molecule has 1 aliphatic heterocycles. The Bertz CT molecular complexity index is 528. The predicted molar refractivity (Wildman–Crippen MR) is 87.3 cm³/mol. The zero-order chi connectivity index (χ0) is 15.6. The Morgan fingerprint density at radius 3 is 2.77 bits per heavy atom. The van der Waals surface area contributed by atoms with Gasteiger partial charge in [0.2, 0.25) is 0 Å². The minimum Gasteiger partial charge on any atom is -0.450 e. The predicted octanol–water partition coefficient (Wildman–Crippen LogP) is 3.24. The molecule has 1 aromatic rings. The molecule has 1 aromatic carbocycles. The first-order valence-electron chi connectivity index (χ1n) is 8.04. The Balaban J connectivity index is 1.53. The van der Waals surface area contributed by atoms with Gasteiger partial charge in [0.15, 0.2) is 0 Å². The fourth-order valence-corrected chi connectivity index (χ4v) is 3.33. The van der Waals surface area contributed by atoms with E-state index in [2.05, 4.69) is 17.4 Å². The summed E-state index contributed by atoms with van der Waals surface area (Å²) in [6, 6.07) is 8.47. The third-order valence-corrected chi connectivity index (χ3v) is 4.79. The first kappa shape index (κ1) is 15.6. The first-order chi connectivity index (χ1) is 10.6. The minimum absolute atomic E-state index is 0.186. The van der Waals surface area contributed by atoms with Gasteiger partial charge in [0.1, 0.15) is 0 Å². The Hall–Kier alpha value is -1.26. The highest BCUT2D eigenvalue weighted by molar-refractivity contribution is 6.30. The molecule has 1 heterocycles.